The first-order valence-corrected chi connectivity index (χ1v) is 6.48. The van der Waals surface area contributed by atoms with Crippen molar-refractivity contribution < 1.29 is 4.79 Å². The zero-order valence-electron chi connectivity index (χ0n) is 11.7. The van der Waals surface area contributed by atoms with Crippen molar-refractivity contribution in [3.05, 3.63) is 47.8 Å². The fourth-order valence-electron chi connectivity index (χ4n) is 2.00. The molecule has 2 heterocycles. The summed E-state index contributed by atoms with van der Waals surface area (Å²) in [6.45, 7) is 2.13. The summed E-state index contributed by atoms with van der Waals surface area (Å²) < 4.78 is 0. The first-order chi connectivity index (χ1) is 10.1. The maximum absolute atomic E-state index is 12.4. The van der Waals surface area contributed by atoms with Crippen molar-refractivity contribution in [1.29, 1.82) is 0 Å². The number of hydrogen-bond acceptors (Lipinski definition) is 5. The molecular formula is C14H14N6O. The highest BCUT2D eigenvalue weighted by atomic mass is 16.2. The van der Waals surface area contributed by atoms with Crippen LogP contribution in [-0.4, -0.2) is 43.0 Å². The van der Waals surface area contributed by atoms with Gasteiger partial charge < -0.3 is 4.90 Å². The summed E-state index contributed by atoms with van der Waals surface area (Å²) in [6, 6.07) is 7.44. The van der Waals surface area contributed by atoms with Gasteiger partial charge in [0.15, 0.2) is 5.82 Å². The lowest BCUT2D eigenvalue weighted by Crippen LogP contribution is -2.27. The molecule has 1 amide bonds. The van der Waals surface area contributed by atoms with Gasteiger partial charge in [-0.05, 0) is 19.1 Å². The molecule has 0 spiro atoms. The SMILES string of the molecule is Cc1nc(CN(C)C(=O)c2cnc3ccccc3n2)n[nH]1. The Labute approximate surface area is 121 Å². The summed E-state index contributed by atoms with van der Waals surface area (Å²) in [7, 11) is 1.69. The quantitative estimate of drug-likeness (QED) is 0.783. The summed E-state index contributed by atoms with van der Waals surface area (Å²) in [5, 5.41) is 6.77. The number of rotatable bonds is 3. The number of benzene rings is 1. The zero-order valence-corrected chi connectivity index (χ0v) is 11.7. The second kappa shape index (κ2) is 5.28. The lowest BCUT2D eigenvalue weighted by Gasteiger charge is -2.14. The van der Waals surface area contributed by atoms with Crippen molar-refractivity contribution >= 4 is 16.9 Å². The molecule has 106 valence electrons. The molecule has 0 aliphatic carbocycles. The molecular weight excluding hydrogens is 268 g/mol. The summed E-state index contributed by atoms with van der Waals surface area (Å²) >= 11 is 0. The number of fused-ring (bicyclic) bond motifs is 1. The average Bonchev–Trinajstić information content (AvgIpc) is 2.91. The summed E-state index contributed by atoms with van der Waals surface area (Å²) in [5.74, 6) is 1.07. The molecule has 0 bridgehead atoms. The Morgan fingerprint density at radius 3 is 2.71 bits per heavy atom. The Bertz CT molecular complexity index is 797. The highest BCUT2D eigenvalue weighted by Crippen LogP contribution is 2.10. The van der Waals surface area contributed by atoms with Crippen LogP contribution in [0.25, 0.3) is 11.0 Å². The Kier molecular flexibility index (Phi) is 3.31. The minimum absolute atomic E-state index is 0.212. The maximum atomic E-state index is 12.4. The van der Waals surface area contributed by atoms with Gasteiger partial charge in [0.25, 0.3) is 5.91 Å². The predicted molar refractivity (Wildman–Crippen MR) is 76.5 cm³/mol. The van der Waals surface area contributed by atoms with Crippen molar-refractivity contribution in [2.75, 3.05) is 7.05 Å². The maximum Gasteiger partial charge on any atom is 0.274 e. The predicted octanol–water partition coefficient (Wildman–Crippen LogP) is 1.33. The number of nitrogens with one attached hydrogen (secondary N) is 1. The number of aromatic nitrogens is 5. The molecule has 0 radical (unpaired) electrons. The summed E-state index contributed by atoms with van der Waals surface area (Å²) in [5.41, 5.74) is 1.77. The Morgan fingerprint density at radius 1 is 1.24 bits per heavy atom. The number of nitrogens with zero attached hydrogens (tertiary/aromatic N) is 5. The third kappa shape index (κ3) is 2.71. The zero-order chi connectivity index (χ0) is 14.8. The molecule has 1 aromatic carbocycles. The van der Waals surface area contributed by atoms with E-state index in [4.69, 9.17) is 0 Å². The van der Waals surface area contributed by atoms with E-state index in [2.05, 4.69) is 25.1 Å². The first kappa shape index (κ1) is 13.2. The van der Waals surface area contributed by atoms with Gasteiger partial charge in [0.05, 0.1) is 23.8 Å². The van der Waals surface area contributed by atoms with Gasteiger partial charge in [0.2, 0.25) is 0 Å². The van der Waals surface area contributed by atoms with E-state index in [0.29, 0.717) is 23.6 Å². The Balaban J connectivity index is 1.82. The molecule has 1 N–H and O–H groups in total. The number of aromatic amines is 1. The largest absolute Gasteiger partial charge is 0.333 e. The van der Waals surface area contributed by atoms with Crippen LogP contribution in [-0.2, 0) is 6.54 Å². The van der Waals surface area contributed by atoms with Gasteiger partial charge in [0, 0.05) is 7.05 Å². The van der Waals surface area contributed by atoms with Crippen molar-refractivity contribution in [3.63, 3.8) is 0 Å². The molecule has 0 fully saturated rings. The van der Waals surface area contributed by atoms with E-state index in [1.807, 2.05) is 31.2 Å². The molecule has 0 saturated heterocycles. The van der Waals surface area contributed by atoms with Crippen LogP contribution in [0.5, 0.6) is 0 Å². The van der Waals surface area contributed by atoms with Crippen molar-refractivity contribution in [2.24, 2.45) is 0 Å². The van der Waals surface area contributed by atoms with Crippen molar-refractivity contribution in [2.45, 2.75) is 13.5 Å². The van der Waals surface area contributed by atoms with Crippen LogP contribution >= 0.6 is 0 Å². The topological polar surface area (TPSA) is 87.7 Å². The number of H-pyrrole nitrogens is 1. The number of aryl methyl sites for hydroxylation is 1. The second-order valence-electron chi connectivity index (χ2n) is 4.74. The van der Waals surface area contributed by atoms with Crippen LogP contribution in [0.1, 0.15) is 22.1 Å². The smallest absolute Gasteiger partial charge is 0.274 e. The van der Waals surface area contributed by atoms with Crippen LogP contribution in [0.2, 0.25) is 0 Å². The van der Waals surface area contributed by atoms with E-state index in [9.17, 15) is 4.79 Å². The van der Waals surface area contributed by atoms with Crippen molar-refractivity contribution in [1.82, 2.24) is 30.0 Å². The van der Waals surface area contributed by atoms with Crippen LogP contribution in [0.4, 0.5) is 0 Å². The fraction of sp³-hybridized carbons (Fsp3) is 0.214. The standard InChI is InChI=1S/C14H14N6O/c1-9-16-13(19-18-9)8-20(2)14(21)12-7-15-10-5-3-4-6-11(10)17-12/h3-7H,8H2,1-2H3,(H,16,18,19). The molecule has 0 aliphatic heterocycles. The summed E-state index contributed by atoms with van der Waals surface area (Å²) in [4.78, 5) is 26.6. The molecule has 0 unspecified atom stereocenters. The van der Waals surface area contributed by atoms with Gasteiger partial charge in [-0.2, -0.15) is 5.10 Å². The van der Waals surface area contributed by atoms with Crippen LogP contribution < -0.4 is 0 Å². The Hall–Kier alpha value is -2.83. The number of carbonyl (C=O) groups is 1. The van der Waals surface area contributed by atoms with Gasteiger partial charge in [-0.1, -0.05) is 12.1 Å². The number of carbonyl (C=O) groups excluding carboxylic acids is 1. The molecule has 3 aromatic rings. The van der Waals surface area contributed by atoms with E-state index < -0.39 is 0 Å². The number of para-hydroxylation sites is 2. The number of amides is 1. The molecule has 3 rings (SSSR count). The van der Waals surface area contributed by atoms with Crippen molar-refractivity contribution in [3.8, 4) is 0 Å². The van der Waals surface area contributed by atoms with Gasteiger partial charge in [-0.3, -0.25) is 14.9 Å². The number of hydrogen-bond donors (Lipinski definition) is 1. The van der Waals surface area contributed by atoms with E-state index in [0.717, 1.165) is 11.3 Å². The molecule has 0 atom stereocenters. The van der Waals surface area contributed by atoms with Crippen LogP contribution in [0.3, 0.4) is 0 Å². The minimum Gasteiger partial charge on any atom is -0.333 e. The van der Waals surface area contributed by atoms with Crippen LogP contribution in [0.15, 0.2) is 30.5 Å². The lowest BCUT2D eigenvalue weighted by atomic mass is 10.3. The van der Waals surface area contributed by atoms with E-state index >= 15 is 0 Å². The highest BCUT2D eigenvalue weighted by Gasteiger charge is 2.16. The van der Waals surface area contributed by atoms with E-state index in [-0.39, 0.29) is 5.91 Å². The molecule has 2 aromatic heterocycles. The van der Waals surface area contributed by atoms with Gasteiger partial charge in [-0.15, -0.1) is 0 Å². The van der Waals surface area contributed by atoms with Gasteiger partial charge in [0.1, 0.15) is 11.5 Å². The highest BCUT2D eigenvalue weighted by molar-refractivity contribution is 5.93. The normalized spacial score (nSPS) is 10.8. The summed E-state index contributed by atoms with van der Waals surface area (Å²) in [6.07, 6.45) is 1.49. The third-order valence-corrected chi connectivity index (χ3v) is 3.04. The molecule has 7 heteroatoms. The monoisotopic (exact) mass is 282 g/mol. The fourth-order valence-corrected chi connectivity index (χ4v) is 2.00. The first-order valence-electron chi connectivity index (χ1n) is 6.48. The molecule has 0 aliphatic rings. The third-order valence-electron chi connectivity index (χ3n) is 3.04. The van der Waals surface area contributed by atoms with E-state index in [1.54, 1.807) is 7.05 Å². The Morgan fingerprint density at radius 2 is 2.00 bits per heavy atom. The van der Waals surface area contributed by atoms with Gasteiger partial charge >= 0.3 is 0 Å². The second-order valence-corrected chi connectivity index (χ2v) is 4.74. The lowest BCUT2D eigenvalue weighted by molar-refractivity contribution is 0.0776. The minimum atomic E-state index is -0.212. The molecule has 21 heavy (non-hydrogen) atoms. The molecule has 7 nitrogen and oxygen atoms in total. The van der Waals surface area contributed by atoms with Crippen LogP contribution in [0, 0.1) is 6.92 Å². The van der Waals surface area contributed by atoms with E-state index in [1.165, 1.54) is 11.1 Å². The van der Waals surface area contributed by atoms with Gasteiger partial charge in [-0.25, -0.2) is 9.97 Å². The average molecular weight is 282 g/mol. The molecule has 0 saturated carbocycles.